The van der Waals surface area contributed by atoms with Gasteiger partial charge in [-0.05, 0) is 45.0 Å². The second kappa shape index (κ2) is 5.92. The summed E-state index contributed by atoms with van der Waals surface area (Å²) in [4.78, 5) is 14.6. The number of rotatable bonds is 2. The molecule has 0 radical (unpaired) electrons. The monoisotopic (exact) mass is 325 g/mol. The quantitative estimate of drug-likeness (QED) is 0.820. The van der Waals surface area contributed by atoms with Crippen LogP contribution in [0.3, 0.4) is 0 Å². The van der Waals surface area contributed by atoms with Crippen LogP contribution in [0.25, 0.3) is 0 Å². The minimum Gasteiger partial charge on any atom is -0.398 e. The van der Waals surface area contributed by atoms with E-state index in [0.29, 0.717) is 17.3 Å². The van der Waals surface area contributed by atoms with Crippen molar-refractivity contribution in [1.82, 2.24) is 10.2 Å². The third-order valence-corrected chi connectivity index (χ3v) is 4.30. The summed E-state index contributed by atoms with van der Waals surface area (Å²) in [6.45, 7) is 3.20. The molecular formula is C14H20BrN3O. The Kier molecular flexibility index (Phi) is 4.47. The zero-order valence-corrected chi connectivity index (χ0v) is 12.9. The number of hydrogen-bond acceptors (Lipinski definition) is 3. The van der Waals surface area contributed by atoms with Crippen LogP contribution in [0.1, 0.15) is 30.1 Å². The summed E-state index contributed by atoms with van der Waals surface area (Å²) in [6.07, 6.45) is 1.97. The van der Waals surface area contributed by atoms with Gasteiger partial charge in [-0.3, -0.25) is 4.79 Å². The van der Waals surface area contributed by atoms with Crippen LogP contribution in [0.15, 0.2) is 22.7 Å². The average molecular weight is 326 g/mol. The molecule has 19 heavy (non-hydrogen) atoms. The van der Waals surface area contributed by atoms with Crippen LogP contribution in [0.4, 0.5) is 5.69 Å². The van der Waals surface area contributed by atoms with Gasteiger partial charge >= 0.3 is 0 Å². The summed E-state index contributed by atoms with van der Waals surface area (Å²) in [5.74, 6) is -0.0828. The topological polar surface area (TPSA) is 58.4 Å². The minimum absolute atomic E-state index is 0.0828. The van der Waals surface area contributed by atoms with Gasteiger partial charge in [-0.25, -0.2) is 0 Å². The molecule has 2 rings (SSSR count). The number of carbonyl (C=O) groups is 1. The first-order valence-electron chi connectivity index (χ1n) is 6.53. The van der Waals surface area contributed by atoms with Gasteiger partial charge in [0, 0.05) is 28.8 Å². The lowest BCUT2D eigenvalue weighted by Gasteiger charge is -2.35. The molecule has 3 N–H and O–H groups in total. The van der Waals surface area contributed by atoms with Crippen molar-refractivity contribution in [2.75, 3.05) is 19.3 Å². The van der Waals surface area contributed by atoms with Gasteiger partial charge in [0.05, 0.1) is 5.56 Å². The van der Waals surface area contributed by atoms with Crippen LogP contribution in [0.2, 0.25) is 0 Å². The molecule has 1 amide bonds. The fourth-order valence-electron chi connectivity index (χ4n) is 2.41. The molecule has 1 fully saturated rings. The lowest BCUT2D eigenvalue weighted by molar-refractivity contribution is 0.0897. The van der Waals surface area contributed by atoms with E-state index in [1.807, 2.05) is 6.07 Å². The number of halogens is 1. The van der Waals surface area contributed by atoms with Crippen LogP contribution in [0.5, 0.6) is 0 Å². The number of benzene rings is 1. The maximum Gasteiger partial charge on any atom is 0.253 e. The Morgan fingerprint density at radius 2 is 2.26 bits per heavy atom. The lowest BCUT2D eigenvalue weighted by atomic mass is 9.98. The maximum absolute atomic E-state index is 12.2. The fourth-order valence-corrected chi connectivity index (χ4v) is 2.77. The molecular weight excluding hydrogens is 306 g/mol. The van der Waals surface area contributed by atoms with Crippen molar-refractivity contribution < 1.29 is 4.79 Å². The second-order valence-electron chi connectivity index (χ2n) is 5.26. The molecule has 1 aromatic rings. The first kappa shape index (κ1) is 14.3. The Morgan fingerprint density at radius 1 is 1.53 bits per heavy atom. The number of nitrogens with one attached hydrogen (secondary N) is 1. The number of nitrogen functional groups attached to an aromatic ring is 1. The number of piperidine rings is 1. The maximum atomic E-state index is 12.2. The predicted octanol–water partition coefficient (Wildman–Crippen LogP) is 2.24. The summed E-state index contributed by atoms with van der Waals surface area (Å²) >= 11 is 3.37. The Hall–Kier alpha value is -1.07. The van der Waals surface area contributed by atoms with E-state index in [9.17, 15) is 4.79 Å². The summed E-state index contributed by atoms with van der Waals surface area (Å²) in [6, 6.07) is 6.08. The summed E-state index contributed by atoms with van der Waals surface area (Å²) in [7, 11) is 2.12. The number of anilines is 1. The van der Waals surface area contributed by atoms with Crippen molar-refractivity contribution in [2.45, 2.75) is 31.8 Å². The molecule has 2 atom stereocenters. The molecule has 4 nitrogen and oxygen atoms in total. The van der Waals surface area contributed by atoms with Crippen molar-refractivity contribution in [3.63, 3.8) is 0 Å². The van der Waals surface area contributed by atoms with Gasteiger partial charge in [-0.1, -0.05) is 15.9 Å². The highest BCUT2D eigenvalue weighted by Crippen LogP contribution is 2.20. The van der Waals surface area contributed by atoms with E-state index in [0.717, 1.165) is 23.9 Å². The molecule has 2 unspecified atom stereocenters. The summed E-state index contributed by atoms with van der Waals surface area (Å²) in [5, 5.41) is 3.09. The Bertz CT molecular complexity index is 478. The number of likely N-dealkylation sites (tertiary alicyclic amines) is 1. The number of carbonyl (C=O) groups excluding carboxylic acids is 1. The van der Waals surface area contributed by atoms with Crippen molar-refractivity contribution >= 4 is 27.5 Å². The zero-order chi connectivity index (χ0) is 14.0. The number of nitrogens with zero attached hydrogens (tertiary/aromatic N) is 1. The van der Waals surface area contributed by atoms with E-state index in [1.165, 1.54) is 0 Å². The van der Waals surface area contributed by atoms with E-state index in [-0.39, 0.29) is 11.9 Å². The van der Waals surface area contributed by atoms with Gasteiger partial charge in [0.2, 0.25) is 0 Å². The molecule has 104 valence electrons. The smallest absolute Gasteiger partial charge is 0.253 e. The highest BCUT2D eigenvalue weighted by atomic mass is 79.9. The van der Waals surface area contributed by atoms with Gasteiger partial charge in [0.15, 0.2) is 0 Å². The molecule has 0 aliphatic carbocycles. The lowest BCUT2D eigenvalue weighted by Crippen LogP contribution is -2.47. The Labute approximate surface area is 122 Å². The standard InChI is InChI=1S/C14H20BrN3O/c1-9-7-11(5-6-18(9)2)17-14(19)12-8-10(15)3-4-13(12)16/h3-4,8-9,11H,5-7,16H2,1-2H3,(H,17,19). The van der Waals surface area contributed by atoms with Crippen LogP contribution >= 0.6 is 15.9 Å². The van der Waals surface area contributed by atoms with E-state index in [4.69, 9.17) is 5.73 Å². The molecule has 0 aromatic heterocycles. The van der Waals surface area contributed by atoms with Crippen molar-refractivity contribution in [3.05, 3.63) is 28.2 Å². The van der Waals surface area contributed by atoms with Gasteiger partial charge in [0.1, 0.15) is 0 Å². The average Bonchev–Trinajstić information content (AvgIpc) is 2.36. The SMILES string of the molecule is CC1CC(NC(=O)c2cc(Br)ccc2N)CCN1C. The second-order valence-corrected chi connectivity index (χ2v) is 6.17. The number of hydrogen-bond donors (Lipinski definition) is 2. The molecule has 1 saturated heterocycles. The van der Waals surface area contributed by atoms with Crippen molar-refractivity contribution in [1.29, 1.82) is 0 Å². The van der Waals surface area contributed by atoms with E-state index < -0.39 is 0 Å². The largest absolute Gasteiger partial charge is 0.398 e. The normalized spacial score (nSPS) is 24.2. The van der Waals surface area contributed by atoms with Crippen LogP contribution in [0, 0.1) is 0 Å². The molecule has 1 aliphatic rings. The van der Waals surface area contributed by atoms with Crippen LogP contribution in [-0.2, 0) is 0 Å². The van der Waals surface area contributed by atoms with Crippen LogP contribution in [-0.4, -0.2) is 36.5 Å². The highest BCUT2D eigenvalue weighted by Gasteiger charge is 2.24. The van der Waals surface area contributed by atoms with Gasteiger partial charge in [-0.2, -0.15) is 0 Å². The van der Waals surface area contributed by atoms with Crippen LogP contribution < -0.4 is 11.1 Å². The molecule has 1 aromatic carbocycles. The third kappa shape index (κ3) is 3.48. The van der Waals surface area contributed by atoms with E-state index in [1.54, 1.807) is 12.1 Å². The zero-order valence-electron chi connectivity index (χ0n) is 11.3. The molecule has 5 heteroatoms. The molecule has 1 heterocycles. The minimum atomic E-state index is -0.0828. The van der Waals surface area contributed by atoms with Gasteiger partial charge < -0.3 is 16.0 Å². The molecule has 0 spiro atoms. The highest BCUT2D eigenvalue weighted by molar-refractivity contribution is 9.10. The third-order valence-electron chi connectivity index (χ3n) is 3.80. The fraction of sp³-hybridized carbons (Fsp3) is 0.500. The Morgan fingerprint density at radius 3 is 2.95 bits per heavy atom. The molecule has 1 aliphatic heterocycles. The molecule has 0 bridgehead atoms. The Balaban J connectivity index is 2.03. The van der Waals surface area contributed by atoms with Gasteiger partial charge in [-0.15, -0.1) is 0 Å². The van der Waals surface area contributed by atoms with E-state index in [2.05, 4.69) is 40.1 Å². The number of nitrogens with two attached hydrogens (primary N) is 1. The summed E-state index contributed by atoms with van der Waals surface area (Å²) < 4.78 is 0.864. The first-order valence-corrected chi connectivity index (χ1v) is 7.33. The van der Waals surface area contributed by atoms with Crippen molar-refractivity contribution in [2.24, 2.45) is 0 Å². The first-order chi connectivity index (χ1) is 8.97. The predicted molar refractivity (Wildman–Crippen MR) is 81.1 cm³/mol. The van der Waals surface area contributed by atoms with E-state index >= 15 is 0 Å². The summed E-state index contributed by atoms with van der Waals surface area (Å²) in [5.41, 5.74) is 6.91. The van der Waals surface area contributed by atoms with Gasteiger partial charge in [0.25, 0.3) is 5.91 Å². The number of amides is 1. The molecule has 0 saturated carbocycles. The van der Waals surface area contributed by atoms with Crippen molar-refractivity contribution in [3.8, 4) is 0 Å².